The van der Waals surface area contributed by atoms with E-state index in [0.717, 1.165) is 21.4 Å². The Balaban J connectivity index is 2.31. The Morgan fingerprint density at radius 3 is 2.73 bits per heavy atom. The molecular weight excluding hydrogens is 226 g/mol. The maximum absolute atomic E-state index is 6.07. The SMILES string of the molecule is CCCCCCSc1ccc(N)cc1Cl. The molecule has 15 heavy (non-hydrogen) atoms. The zero-order chi connectivity index (χ0) is 11.1. The van der Waals surface area contributed by atoms with Gasteiger partial charge in [-0.25, -0.2) is 0 Å². The third kappa shape index (κ3) is 4.80. The van der Waals surface area contributed by atoms with Gasteiger partial charge in [-0.15, -0.1) is 11.8 Å². The fourth-order valence-electron chi connectivity index (χ4n) is 1.35. The van der Waals surface area contributed by atoms with Crippen molar-refractivity contribution >= 4 is 29.1 Å². The highest BCUT2D eigenvalue weighted by Gasteiger charge is 2.00. The molecule has 0 saturated carbocycles. The largest absolute Gasteiger partial charge is 0.399 e. The minimum atomic E-state index is 0.732. The summed E-state index contributed by atoms with van der Waals surface area (Å²) in [4.78, 5) is 1.14. The van der Waals surface area contributed by atoms with Gasteiger partial charge in [0, 0.05) is 10.6 Å². The van der Waals surface area contributed by atoms with E-state index in [4.69, 9.17) is 17.3 Å². The number of anilines is 1. The van der Waals surface area contributed by atoms with E-state index in [1.165, 1.54) is 25.7 Å². The minimum Gasteiger partial charge on any atom is -0.399 e. The van der Waals surface area contributed by atoms with Crippen molar-refractivity contribution in [3.63, 3.8) is 0 Å². The van der Waals surface area contributed by atoms with Gasteiger partial charge in [0.05, 0.1) is 5.02 Å². The van der Waals surface area contributed by atoms with E-state index in [9.17, 15) is 0 Å². The Labute approximate surface area is 101 Å². The van der Waals surface area contributed by atoms with Gasteiger partial charge in [0.25, 0.3) is 0 Å². The first-order valence-electron chi connectivity index (χ1n) is 5.42. The van der Waals surface area contributed by atoms with Crippen LogP contribution in [0.3, 0.4) is 0 Å². The first kappa shape index (κ1) is 12.7. The van der Waals surface area contributed by atoms with Gasteiger partial charge in [-0.1, -0.05) is 37.8 Å². The number of thioether (sulfide) groups is 1. The smallest absolute Gasteiger partial charge is 0.0562 e. The third-order valence-electron chi connectivity index (χ3n) is 2.21. The van der Waals surface area contributed by atoms with Gasteiger partial charge in [0.15, 0.2) is 0 Å². The Bertz CT molecular complexity index is 302. The molecule has 0 aliphatic rings. The van der Waals surface area contributed by atoms with Gasteiger partial charge < -0.3 is 5.73 Å². The molecule has 0 amide bonds. The fraction of sp³-hybridized carbons (Fsp3) is 0.500. The summed E-state index contributed by atoms with van der Waals surface area (Å²) in [5.41, 5.74) is 6.36. The lowest BCUT2D eigenvalue weighted by Gasteiger charge is -2.04. The molecule has 0 bridgehead atoms. The lowest BCUT2D eigenvalue weighted by atomic mass is 10.2. The molecular formula is C12H18ClNS. The van der Waals surface area contributed by atoms with Crippen molar-refractivity contribution in [3.8, 4) is 0 Å². The second-order valence-electron chi connectivity index (χ2n) is 3.60. The molecule has 0 heterocycles. The van der Waals surface area contributed by atoms with Crippen molar-refractivity contribution in [2.24, 2.45) is 0 Å². The normalized spacial score (nSPS) is 10.5. The van der Waals surface area contributed by atoms with Crippen LogP contribution in [0.1, 0.15) is 32.6 Å². The Hall–Kier alpha value is -0.340. The molecule has 1 aromatic carbocycles. The molecule has 2 N–H and O–H groups in total. The molecule has 0 aromatic heterocycles. The number of unbranched alkanes of at least 4 members (excludes halogenated alkanes) is 3. The summed E-state index contributed by atoms with van der Waals surface area (Å²) < 4.78 is 0. The third-order valence-corrected chi connectivity index (χ3v) is 3.80. The van der Waals surface area contributed by atoms with Crippen molar-refractivity contribution in [1.29, 1.82) is 0 Å². The number of hydrogen-bond donors (Lipinski definition) is 1. The van der Waals surface area contributed by atoms with Crippen LogP contribution in [0.15, 0.2) is 23.1 Å². The summed E-state index contributed by atoms with van der Waals surface area (Å²) in [6.45, 7) is 2.23. The van der Waals surface area contributed by atoms with Crippen LogP contribution in [0, 0.1) is 0 Å². The van der Waals surface area contributed by atoms with Crippen LogP contribution >= 0.6 is 23.4 Å². The van der Waals surface area contributed by atoms with Crippen LogP contribution in [-0.4, -0.2) is 5.75 Å². The molecule has 0 aliphatic carbocycles. The Morgan fingerprint density at radius 2 is 2.07 bits per heavy atom. The summed E-state index contributed by atoms with van der Waals surface area (Å²) >= 11 is 7.89. The van der Waals surface area contributed by atoms with Gasteiger partial charge in [0.2, 0.25) is 0 Å². The molecule has 0 spiro atoms. The molecule has 0 atom stereocenters. The van der Waals surface area contributed by atoms with Gasteiger partial charge in [-0.05, 0) is 30.4 Å². The summed E-state index contributed by atoms with van der Waals surface area (Å²) in [6, 6.07) is 5.72. The highest BCUT2D eigenvalue weighted by molar-refractivity contribution is 7.99. The number of hydrogen-bond acceptors (Lipinski definition) is 2. The number of nitrogen functional groups attached to an aromatic ring is 1. The maximum Gasteiger partial charge on any atom is 0.0562 e. The zero-order valence-electron chi connectivity index (χ0n) is 9.13. The van der Waals surface area contributed by atoms with Gasteiger partial charge in [0.1, 0.15) is 0 Å². The van der Waals surface area contributed by atoms with Gasteiger partial charge >= 0.3 is 0 Å². The summed E-state index contributed by atoms with van der Waals surface area (Å²) in [5, 5.41) is 0.774. The van der Waals surface area contributed by atoms with Crippen molar-refractivity contribution in [3.05, 3.63) is 23.2 Å². The van der Waals surface area contributed by atoms with Crippen molar-refractivity contribution in [2.45, 2.75) is 37.5 Å². The second-order valence-corrected chi connectivity index (χ2v) is 5.14. The maximum atomic E-state index is 6.07. The fourth-order valence-corrected chi connectivity index (χ4v) is 2.63. The average molecular weight is 244 g/mol. The molecule has 0 unspecified atom stereocenters. The summed E-state index contributed by atoms with van der Waals surface area (Å²) in [6.07, 6.45) is 5.19. The van der Waals surface area contributed by atoms with Crippen molar-refractivity contribution in [1.82, 2.24) is 0 Å². The molecule has 1 aromatic rings. The molecule has 1 rings (SSSR count). The monoisotopic (exact) mass is 243 g/mol. The predicted molar refractivity (Wildman–Crippen MR) is 70.7 cm³/mol. The summed E-state index contributed by atoms with van der Waals surface area (Å²) in [5.74, 6) is 1.14. The lowest BCUT2D eigenvalue weighted by molar-refractivity contribution is 0.706. The van der Waals surface area contributed by atoms with Crippen LogP contribution in [0.2, 0.25) is 5.02 Å². The van der Waals surface area contributed by atoms with E-state index >= 15 is 0 Å². The molecule has 0 aliphatic heterocycles. The number of nitrogens with two attached hydrogens (primary N) is 1. The molecule has 84 valence electrons. The average Bonchev–Trinajstić information content (AvgIpc) is 2.20. The number of halogens is 1. The van der Waals surface area contributed by atoms with Crippen LogP contribution in [0.4, 0.5) is 5.69 Å². The van der Waals surface area contributed by atoms with Gasteiger partial charge in [-0.3, -0.25) is 0 Å². The van der Waals surface area contributed by atoms with E-state index in [-0.39, 0.29) is 0 Å². The molecule has 0 fully saturated rings. The van der Waals surface area contributed by atoms with Gasteiger partial charge in [-0.2, -0.15) is 0 Å². The highest BCUT2D eigenvalue weighted by Crippen LogP contribution is 2.29. The van der Waals surface area contributed by atoms with E-state index < -0.39 is 0 Å². The molecule has 0 saturated heterocycles. The molecule has 3 heteroatoms. The van der Waals surface area contributed by atoms with Crippen LogP contribution in [-0.2, 0) is 0 Å². The van der Waals surface area contributed by atoms with Crippen molar-refractivity contribution in [2.75, 3.05) is 11.5 Å². The predicted octanol–water partition coefficient (Wildman–Crippen LogP) is 4.59. The molecule has 0 radical (unpaired) electrons. The van der Waals surface area contributed by atoms with E-state index in [1.807, 2.05) is 30.0 Å². The van der Waals surface area contributed by atoms with Crippen LogP contribution in [0.25, 0.3) is 0 Å². The first-order chi connectivity index (χ1) is 7.24. The summed E-state index contributed by atoms with van der Waals surface area (Å²) in [7, 11) is 0. The minimum absolute atomic E-state index is 0.732. The van der Waals surface area contributed by atoms with E-state index in [1.54, 1.807) is 0 Å². The van der Waals surface area contributed by atoms with E-state index in [2.05, 4.69) is 6.92 Å². The lowest BCUT2D eigenvalue weighted by Crippen LogP contribution is -1.86. The zero-order valence-corrected chi connectivity index (χ0v) is 10.7. The number of rotatable bonds is 6. The Morgan fingerprint density at radius 1 is 1.27 bits per heavy atom. The van der Waals surface area contributed by atoms with E-state index in [0.29, 0.717) is 0 Å². The highest BCUT2D eigenvalue weighted by atomic mass is 35.5. The Kier molecular flexibility index (Phi) is 5.96. The second kappa shape index (κ2) is 7.02. The van der Waals surface area contributed by atoms with Crippen LogP contribution < -0.4 is 5.73 Å². The first-order valence-corrected chi connectivity index (χ1v) is 6.78. The number of benzene rings is 1. The standard InChI is InChI=1S/C12H18ClNS/c1-2-3-4-5-8-15-12-7-6-10(14)9-11(12)13/h6-7,9H,2-5,8,14H2,1H3. The molecule has 1 nitrogen and oxygen atoms in total. The van der Waals surface area contributed by atoms with Crippen molar-refractivity contribution < 1.29 is 0 Å². The topological polar surface area (TPSA) is 26.0 Å². The van der Waals surface area contributed by atoms with Crippen LogP contribution in [0.5, 0.6) is 0 Å². The quantitative estimate of drug-likeness (QED) is 0.449.